The summed E-state index contributed by atoms with van der Waals surface area (Å²) in [6.45, 7) is 9.22. The van der Waals surface area contributed by atoms with Crippen molar-refractivity contribution < 1.29 is 14.6 Å². The lowest BCUT2D eigenvalue weighted by atomic mass is 9.86. The molecule has 1 amide bonds. The fraction of sp³-hybridized carbons (Fsp3) is 0.933. The minimum atomic E-state index is -0.978. The van der Waals surface area contributed by atoms with Crippen molar-refractivity contribution in [1.82, 2.24) is 14.5 Å². The van der Waals surface area contributed by atoms with E-state index in [9.17, 15) is 9.90 Å². The van der Waals surface area contributed by atoms with Crippen LogP contribution < -0.4 is 5.32 Å². The molecule has 2 saturated heterocycles. The third-order valence-corrected chi connectivity index (χ3v) is 4.72. The first-order valence-electron chi connectivity index (χ1n) is 8.05. The highest BCUT2D eigenvalue weighted by Crippen LogP contribution is 2.25. The number of morpholine rings is 1. The predicted octanol–water partition coefficient (Wildman–Crippen LogP) is 0.275. The van der Waals surface area contributed by atoms with E-state index in [0.29, 0.717) is 0 Å². The van der Waals surface area contributed by atoms with Crippen LogP contribution in [0.3, 0.4) is 0 Å². The number of hydrogen-bond acceptors (Lipinski definition) is 6. The van der Waals surface area contributed by atoms with Gasteiger partial charge in [0, 0.05) is 32.7 Å². The fourth-order valence-electron chi connectivity index (χ4n) is 3.17. The molecule has 0 aliphatic carbocycles. The molecule has 6 nitrogen and oxygen atoms in total. The first-order valence-corrected chi connectivity index (χ1v) is 8.45. The summed E-state index contributed by atoms with van der Waals surface area (Å²) >= 11 is 4.41. The lowest BCUT2D eigenvalue weighted by Gasteiger charge is -2.44. The van der Waals surface area contributed by atoms with E-state index in [1.54, 1.807) is 13.8 Å². The number of rotatable bonds is 5. The minimum Gasteiger partial charge on any atom is -0.390 e. The van der Waals surface area contributed by atoms with Gasteiger partial charge < -0.3 is 15.2 Å². The molecule has 2 N–H and O–H groups in total. The van der Waals surface area contributed by atoms with Crippen LogP contribution >= 0.6 is 12.8 Å². The molecule has 0 unspecified atom stereocenters. The number of nitrogens with one attached hydrogen (secondary N) is 1. The number of thiol groups is 1. The van der Waals surface area contributed by atoms with Crippen LogP contribution in [0.4, 0.5) is 0 Å². The topological polar surface area (TPSA) is 65.0 Å². The Labute approximate surface area is 138 Å². The zero-order valence-corrected chi connectivity index (χ0v) is 14.6. The molecular formula is C15H29N3O3S. The molecule has 2 rings (SSSR count). The van der Waals surface area contributed by atoms with E-state index in [4.69, 9.17) is 4.74 Å². The van der Waals surface area contributed by atoms with Crippen LogP contribution in [-0.2, 0) is 9.53 Å². The summed E-state index contributed by atoms with van der Waals surface area (Å²) in [4.78, 5) is 14.7. The molecule has 0 spiro atoms. The third kappa shape index (κ3) is 5.70. The van der Waals surface area contributed by atoms with Gasteiger partial charge in [-0.1, -0.05) is 12.8 Å². The standard InChI is InChI=1S/C15H29N3O3S/c1-14(2,20)11-13(19)16-15(3-5-18(22)6-4-15)12-17-7-9-21-10-8-17/h20,22H,3-12H2,1-2H3,(H,16,19). The molecule has 2 aliphatic rings. The summed E-state index contributed by atoms with van der Waals surface area (Å²) < 4.78 is 7.40. The summed E-state index contributed by atoms with van der Waals surface area (Å²) in [5, 5.41) is 13.1. The van der Waals surface area contributed by atoms with Gasteiger partial charge in [-0.15, -0.1) is 0 Å². The average Bonchev–Trinajstić information content (AvgIpc) is 2.41. The van der Waals surface area contributed by atoms with Gasteiger partial charge >= 0.3 is 0 Å². The van der Waals surface area contributed by atoms with Crippen molar-refractivity contribution >= 4 is 18.7 Å². The van der Waals surface area contributed by atoms with Crippen LogP contribution in [0, 0.1) is 0 Å². The summed E-state index contributed by atoms with van der Waals surface area (Å²) in [5.74, 6) is -0.0756. The fourth-order valence-corrected chi connectivity index (χ4v) is 3.37. The Balaban J connectivity index is 1.99. The SMILES string of the molecule is CC(C)(O)CC(=O)NC1(CN2CCOCC2)CCN(S)CC1. The lowest BCUT2D eigenvalue weighted by molar-refractivity contribution is -0.127. The predicted molar refractivity (Wildman–Crippen MR) is 88.8 cm³/mol. The molecule has 0 radical (unpaired) electrons. The summed E-state index contributed by atoms with van der Waals surface area (Å²) in [7, 11) is 0. The van der Waals surface area contributed by atoms with Crippen molar-refractivity contribution in [3.05, 3.63) is 0 Å². The number of carbonyl (C=O) groups is 1. The first kappa shape index (κ1) is 18.0. The van der Waals surface area contributed by atoms with Crippen molar-refractivity contribution in [1.29, 1.82) is 0 Å². The van der Waals surface area contributed by atoms with Gasteiger partial charge in [0.25, 0.3) is 0 Å². The first-order chi connectivity index (χ1) is 10.3. The number of hydrogen-bond donors (Lipinski definition) is 3. The van der Waals surface area contributed by atoms with Crippen molar-refractivity contribution in [2.45, 2.75) is 44.2 Å². The lowest BCUT2D eigenvalue weighted by Crippen LogP contribution is -2.61. The van der Waals surface area contributed by atoms with Crippen LogP contribution in [-0.4, -0.2) is 77.3 Å². The average molecular weight is 331 g/mol. The van der Waals surface area contributed by atoms with Gasteiger partial charge in [0.15, 0.2) is 0 Å². The van der Waals surface area contributed by atoms with Gasteiger partial charge in [0.1, 0.15) is 0 Å². The van der Waals surface area contributed by atoms with E-state index in [1.165, 1.54) is 0 Å². The molecular weight excluding hydrogens is 302 g/mol. The molecule has 0 saturated carbocycles. The highest BCUT2D eigenvalue weighted by molar-refractivity contribution is 7.77. The number of amides is 1. The van der Waals surface area contributed by atoms with Crippen LogP contribution in [0.1, 0.15) is 33.1 Å². The summed E-state index contributed by atoms with van der Waals surface area (Å²) in [6.07, 6.45) is 1.89. The third-order valence-electron chi connectivity index (χ3n) is 4.32. The maximum Gasteiger partial charge on any atom is 0.223 e. The quantitative estimate of drug-likeness (QED) is 0.632. The van der Waals surface area contributed by atoms with Crippen molar-refractivity contribution in [2.75, 3.05) is 45.9 Å². The highest BCUT2D eigenvalue weighted by Gasteiger charge is 2.38. The number of nitrogens with zero attached hydrogens (tertiary/aromatic N) is 2. The van der Waals surface area contributed by atoms with Gasteiger partial charge in [-0.05, 0) is 26.7 Å². The van der Waals surface area contributed by atoms with Gasteiger partial charge in [-0.2, -0.15) is 0 Å². The largest absolute Gasteiger partial charge is 0.390 e. The van der Waals surface area contributed by atoms with E-state index < -0.39 is 5.60 Å². The molecule has 0 aromatic rings. The second kappa shape index (κ2) is 7.49. The van der Waals surface area contributed by atoms with Gasteiger partial charge in [-0.25, -0.2) is 0 Å². The van der Waals surface area contributed by atoms with E-state index in [2.05, 4.69) is 23.0 Å². The Morgan fingerprint density at radius 3 is 2.41 bits per heavy atom. The maximum atomic E-state index is 12.3. The van der Waals surface area contributed by atoms with E-state index in [1.807, 2.05) is 4.31 Å². The summed E-state index contributed by atoms with van der Waals surface area (Å²) in [6, 6.07) is 0. The molecule has 22 heavy (non-hydrogen) atoms. The molecule has 0 atom stereocenters. The van der Waals surface area contributed by atoms with Crippen LogP contribution in [0.2, 0.25) is 0 Å². The Hall–Kier alpha value is -0.340. The van der Waals surface area contributed by atoms with Crippen LogP contribution in [0.5, 0.6) is 0 Å². The van der Waals surface area contributed by atoms with E-state index >= 15 is 0 Å². The molecule has 2 heterocycles. The van der Waals surface area contributed by atoms with Crippen LogP contribution in [0.25, 0.3) is 0 Å². The van der Waals surface area contributed by atoms with E-state index in [-0.39, 0.29) is 17.9 Å². The number of ether oxygens (including phenoxy) is 1. The van der Waals surface area contributed by atoms with Gasteiger partial charge in [0.2, 0.25) is 5.91 Å². The molecule has 2 aliphatic heterocycles. The number of carbonyl (C=O) groups excluding carboxylic acids is 1. The van der Waals surface area contributed by atoms with Crippen molar-refractivity contribution in [2.24, 2.45) is 0 Å². The maximum absolute atomic E-state index is 12.3. The second-order valence-corrected chi connectivity index (χ2v) is 7.73. The highest BCUT2D eigenvalue weighted by atomic mass is 32.1. The van der Waals surface area contributed by atoms with Crippen molar-refractivity contribution in [3.8, 4) is 0 Å². The molecule has 0 aromatic heterocycles. The molecule has 0 aromatic carbocycles. The molecule has 128 valence electrons. The number of piperidine rings is 1. The Kier molecular flexibility index (Phi) is 6.13. The minimum absolute atomic E-state index is 0.0756. The molecule has 2 fully saturated rings. The van der Waals surface area contributed by atoms with E-state index in [0.717, 1.165) is 58.8 Å². The van der Waals surface area contributed by atoms with Crippen LogP contribution in [0.15, 0.2) is 0 Å². The van der Waals surface area contributed by atoms with Gasteiger partial charge in [-0.3, -0.25) is 14.0 Å². The Bertz CT molecular complexity index is 373. The zero-order chi connectivity index (χ0) is 16.2. The normalized spacial score (nSPS) is 24.2. The Morgan fingerprint density at radius 2 is 1.86 bits per heavy atom. The Morgan fingerprint density at radius 1 is 1.27 bits per heavy atom. The van der Waals surface area contributed by atoms with Crippen molar-refractivity contribution in [3.63, 3.8) is 0 Å². The second-order valence-electron chi connectivity index (χ2n) is 7.16. The molecule has 7 heteroatoms. The van der Waals surface area contributed by atoms with Gasteiger partial charge in [0.05, 0.1) is 30.8 Å². The number of aliphatic hydroxyl groups is 1. The molecule has 0 bridgehead atoms. The smallest absolute Gasteiger partial charge is 0.223 e. The zero-order valence-electron chi connectivity index (χ0n) is 13.7. The summed E-state index contributed by atoms with van der Waals surface area (Å²) in [5.41, 5.74) is -1.20. The monoisotopic (exact) mass is 331 g/mol.